The van der Waals surface area contributed by atoms with E-state index in [4.69, 9.17) is 0 Å². The van der Waals surface area contributed by atoms with E-state index in [-0.39, 0.29) is 0 Å². The van der Waals surface area contributed by atoms with Crippen molar-refractivity contribution in [3.05, 3.63) is 270 Å². The van der Waals surface area contributed by atoms with Gasteiger partial charge in [0.25, 0.3) is 0 Å². The van der Waals surface area contributed by atoms with Gasteiger partial charge in [0.15, 0.2) is 0 Å². The second-order valence-electron chi connectivity index (χ2n) is 19.0. The zero-order valence-electron chi connectivity index (χ0n) is 38.2. The molecule has 0 radical (unpaired) electrons. The molecule has 0 aliphatic heterocycles. The van der Waals surface area contributed by atoms with Crippen LogP contribution in [0.1, 0.15) is 65.8 Å². The van der Waals surface area contributed by atoms with E-state index in [0.29, 0.717) is 5.92 Å². The van der Waals surface area contributed by atoms with Crippen molar-refractivity contribution in [3.8, 4) is 66.8 Å². The first-order chi connectivity index (χ1) is 33.7. The number of hydrogen-bond acceptors (Lipinski definition) is 1. The van der Waals surface area contributed by atoms with Crippen LogP contribution in [-0.4, -0.2) is 0 Å². The first kappa shape index (κ1) is 40.3. The molecule has 0 aromatic heterocycles. The van der Waals surface area contributed by atoms with Crippen molar-refractivity contribution in [1.29, 1.82) is 0 Å². The van der Waals surface area contributed by atoms with Gasteiger partial charge in [-0.15, -0.1) is 0 Å². The van der Waals surface area contributed by atoms with Gasteiger partial charge in [0.2, 0.25) is 0 Å². The molecule has 0 N–H and O–H groups in total. The van der Waals surface area contributed by atoms with Crippen molar-refractivity contribution in [3.63, 3.8) is 0 Å². The summed E-state index contributed by atoms with van der Waals surface area (Å²) in [5.41, 5.74) is 24.8. The maximum atomic E-state index is 2.52. The van der Waals surface area contributed by atoms with E-state index in [0.717, 1.165) is 17.1 Å². The summed E-state index contributed by atoms with van der Waals surface area (Å²) in [5, 5.41) is 0. The molecule has 0 bridgehead atoms. The SMILES string of the molecule is c1ccc(-c2ccc3c(c2)C2(c4ccccc4-3)c3ccccc3-c3ccc(N(c4ccc(-c5ccccc5-c5ccccc5-c5ccccc5)cc4)c4ccc(C5CCCCC5)cc4)cc32)cc1. The number of hydrogen-bond donors (Lipinski definition) is 0. The van der Waals surface area contributed by atoms with Gasteiger partial charge < -0.3 is 4.90 Å². The van der Waals surface area contributed by atoms with Crippen molar-refractivity contribution < 1.29 is 0 Å². The van der Waals surface area contributed by atoms with E-state index >= 15 is 0 Å². The lowest BCUT2D eigenvalue weighted by atomic mass is 9.70. The fraction of sp³-hybridized carbons (Fsp3) is 0.104. The molecule has 1 nitrogen and oxygen atoms in total. The standard InChI is InChI=1S/C67H51N/c1-4-18-46(19-5-1)48-32-37-52(38-33-48)68(53-39-34-50(35-40-53)56-25-11-13-27-58(56)57-26-12-10-24-55(57)49-22-8-3-9-23-49)54-41-43-62-60-29-15-17-31-64(60)67(66(62)45-54)63-30-16-14-28-59(63)61-42-36-51(44-65(61)67)47-20-6-2-7-21-47/h2-3,6-17,20-46H,1,4-5,18-19H2. The molecule has 13 rings (SSSR count). The molecule has 1 unspecified atom stereocenters. The minimum absolute atomic E-state index is 0.487. The van der Waals surface area contributed by atoms with Crippen LogP contribution < -0.4 is 4.90 Å². The van der Waals surface area contributed by atoms with Crippen LogP contribution in [0.2, 0.25) is 0 Å². The van der Waals surface area contributed by atoms with Gasteiger partial charge in [0.1, 0.15) is 0 Å². The third kappa shape index (κ3) is 6.52. The van der Waals surface area contributed by atoms with Gasteiger partial charge in [-0.3, -0.25) is 0 Å². The fourth-order valence-corrected chi connectivity index (χ4v) is 12.2. The summed E-state index contributed by atoms with van der Waals surface area (Å²) in [6.07, 6.45) is 6.57. The number of rotatable bonds is 8. The average Bonchev–Trinajstić information content (AvgIpc) is 3.89. The largest absolute Gasteiger partial charge is 0.310 e. The minimum Gasteiger partial charge on any atom is -0.310 e. The van der Waals surface area contributed by atoms with Gasteiger partial charge in [-0.05, 0) is 156 Å². The number of anilines is 3. The molecule has 0 amide bonds. The van der Waals surface area contributed by atoms with Gasteiger partial charge in [-0.2, -0.15) is 0 Å². The van der Waals surface area contributed by atoms with E-state index in [2.05, 4.69) is 248 Å². The number of benzene rings is 10. The summed E-state index contributed by atoms with van der Waals surface area (Å²) < 4.78 is 0. The Morgan fingerprint density at radius 1 is 0.279 bits per heavy atom. The van der Waals surface area contributed by atoms with Crippen molar-refractivity contribution in [2.24, 2.45) is 0 Å². The molecule has 1 atom stereocenters. The normalized spacial score (nSPS) is 15.6. The summed E-state index contributed by atoms with van der Waals surface area (Å²) >= 11 is 0. The third-order valence-corrected chi connectivity index (χ3v) is 15.3. The van der Waals surface area contributed by atoms with Crippen LogP contribution >= 0.6 is 0 Å². The Balaban J connectivity index is 0.976. The molecule has 68 heavy (non-hydrogen) atoms. The molecule has 3 aliphatic rings. The molecule has 0 saturated heterocycles. The van der Waals surface area contributed by atoms with Crippen molar-refractivity contribution in [1.82, 2.24) is 0 Å². The van der Waals surface area contributed by atoms with Gasteiger partial charge in [0.05, 0.1) is 5.41 Å². The summed E-state index contributed by atoms with van der Waals surface area (Å²) in [6, 6.07) is 90.9. The summed E-state index contributed by atoms with van der Waals surface area (Å²) in [6.45, 7) is 0. The maximum absolute atomic E-state index is 2.52. The Hall–Kier alpha value is -8.00. The Kier molecular flexibility index (Phi) is 9.90. The molecule has 0 heterocycles. The predicted octanol–water partition coefficient (Wildman–Crippen LogP) is 18.2. The van der Waals surface area contributed by atoms with Gasteiger partial charge >= 0.3 is 0 Å². The molecular weight excluding hydrogens is 819 g/mol. The first-order valence-electron chi connectivity index (χ1n) is 24.5. The molecule has 1 fully saturated rings. The molecule has 324 valence electrons. The highest BCUT2D eigenvalue weighted by Crippen LogP contribution is 2.64. The first-order valence-corrected chi connectivity index (χ1v) is 24.5. The monoisotopic (exact) mass is 869 g/mol. The molecule has 10 aromatic carbocycles. The summed E-state index contributed by atoms with van der Waals surface area (Å²) in [7, 11) is 0. The number of fused-ring (bicyclic) bond motifs is 10. The third-order valence-electron chi connectivity index (χ3n) is 15.3. The van der Waals surface area contributed by atoms with Crippen LogP contribution in [0.5, 0.6) is 0 Å². The van der Waals surface area contributed by atoms with Crippen LogP contribution in [0.25, 0.3) is 66.8 Å². The highest BCUT2D eigenvalue weighted by Gasteiger charge is 2.52. The lowest BCUT2D eigenvalue weighted by Gasteiger charge is -2.32. The van der Waals surface area contributed by atoms with Crippen molar-refractivity contribution in [2.45, 2.75) is 43.4 Å². The van der Waals surface area contributed by atoms with Crippen molar-refractivity contribution in [2.75, 3.05) is 4.90 Å². The summed E-state index contributed by atoms with van der Waals surface area (Å²) in [5.74, 6) is 0.638. The van der Waals surface area contributed by atoms with Crippen LogP contribution in [0.4, 0.5) is 17.1 Å². The van der Waals surface area contributed by atoms with Gasteiger partial charge in [-0.1, -0.05) is 219 Å². The molecule has 1 spiro atoms. The highest BCUT2D eigenvalue weighted by atomic mass is 15.1. The van der Waals surface area contributed by atoms with E-state index in [1.165, 1.54) is 127 Å². The highest BCUT2D eigenvalue weighted by molar-refractivity contribution is 5.98. The second-order valence-corrected chi connectivity index (χ2v) is 19.0. The molecule has 1 heteroatoms. The Labute approximate surface area is 400 Å². The molecule has 1 saturated carbocycles. The molecular formula is C67H51N. The van der Waals surface area contributed by atoms with Crippen LogP contribution in [0.15, 0.2) is 243 Å². The zero-order chi connectivity index (χ0) is 45.0. The lowest BCUT2D eigenvalue weighted by molar-refractivity contribution is 0.443. The van der Waals surface area contributed by atoms with Crippen LogP contribution in [0, 0.1) is 0 Å². The van der Waals surface area contributed by atoms with E-state index in [9.17, 15) is 0 Å². The van der Waals surface area contributed by atoms with Crippen molar-refractivity contribution >= 4 is 17.1 Å². The molecule has 3 aliphatic carbocycles. The topological polar surface area (TPSA) is 3.24 Å². The van der Waals surface area contributed by atoms with Crippen LogP contribution in [0.3, 0.4) is 0 Å². The molecule has 10 aromatic rings. The minimum atomic E-state index is -0.487. The summed E-state index contributed by atoms with van der Waals surface area (Å²) in [4.78, 5) is 2.49. The Bertz CT molecular complexity index is 3460. The number of nitrogens with zero attached hydrogens (tertiary/aromatic N) is 1. The lowest BCUT2D eigenvalue weighted by Crippen LogP contribution is -2.26. The van der Waals surface area contributed by atoms with Gasteiger partial charge in [0, 0.05) is 17.1 Å². The quantitative estimate of drug-likeness (QED) is 0.147. The van der Waals surface area contributed by atoms with Gasteiger partial charge in [-0.25, -0.2) is 0 Å². The van der Waals surface area contributed by atoms with E-state index in [1.54, 1.807) is 0 Å². The van der Waals surface area contributed by atoms with E-state index < -0.39 is 5.41 Å². The average molecular weight is 870 g/mol. The fourth-order valence-electron chi connectivity index (χ4n) is 12.2. The maximum Gasteiger partial charge on any atom is 0.0726 e. The Morgan fingerprint density at radius 3 is 1.28 bits per heavy atom. The Morgan fingerprint density at radius 2 is 0.691 bits per heavy atom. The zero-order valence-corrected chi connectivity index (χ0v) is 38.2. The predicted molar refractivity (Wildman–Crippen MR) is 285 cm³/mol. The second kappa shape index (κ2) is 16.7. The van der Waals surface area contributed by atoms with Crippen LogP contribution in [-0.2, 0) is 5.41 Å². The van der Waals surface area contributed by atoms with E-state index in [1.807, 2.05) is 0 Å². The smallest absolute Gasteiger partial charge is 0.0726 e.